The van der Waals surface area contributed by atoms with Gasteiger partial charge in [0.25, 0.3) is 0 Å². The van der Waals surface area contributed by atoms with Crippen molar-refractivity contribution in [3.63, 3.8) is 0 Å². The van der Waals surface area contributed by atoms with E-state index in [0.29, 0.717) is 0 Å². The highest BCUT2D eigenvalue weighted by Gasteiger charge is 2.15. The first kappa shape index (κ1) is 15.5. The van der Waals surface area contributed by atoms with Crippen LogP contribution in [-0.4, -0.2) is 54.0 Å². The van der Waals surface area contributed by atoms with Gasteiger partial charge in [-0.2, -0.15) is 0 Å². The summed E-state index contributed by atoms with van der Waals surface area (Å²) in [4.78, 5) is 14.2. The number of hydrogen-bond donors (Lipinski definition) is 0. The van der Waals surface area contributed by atoms with Crippen LogP contribution in [0.15, 0.2) is 6.07 Å². The topological polar surface area (TPSA) is 34.5 Å². The molecule has 0 atom stereocenters. The molecule has 1 fully saturated rings. The van der Waals surface area contributed by atoms with Crippen LogP contribution in [0, 0.1) is 13.8 Å². The third kappa shape index (κ3) is 3.62. The van der Waals surface area contributed by atoms with Crippen molar-refractivity contribution in [2.75, 3.05) is 38.7 Å². The molecule has 2 heterocycles. The number of rotatable bonds is 6. The minimum absolute atomic E-state index is 0.0131. The maximum atomic E-state index is 11.8. The summed E-state index contributed by atoms with van der Waals surface area (Å²) in [5.74, 6) is 0.0668. The van der Waals surface area contributed by atoms with Crippen molar-refractivity contribution in [2.24, 2.45) is 0 Å². The second kappa shape index (κ2) is 7.25. The Bertz CT molecular complexity index is 465. The number of aryl methyl sites for hydroxylation is 1. The summed E-state index contributed by atoms with van der Waals surface area (Å²) in [6.45, 7) is 9.82. The van der Waals surface area contributed by atoms with E-state index in [1.165, 1.54) is 0 Å². The van der Waals surface area contributed by atoms with Crippen molar-refractivity contribution in [1.29, 1.82) is 0 Å². The predicted molar refractivity (Wildman–Crippen MR) is 80.8 cm³/mol. The molecule has 0 amide bonds. The molecular weight excluding hydrogens is 276 g/mol. The van der Waals surface area contributed by atoms with Gasteiger partial charge in [0.2, 0.25) is 0 Å². The number of Topliss-reactive ketones (excluding diaryl/α,β-unsaturated/α-hetero) is 1. The van der Waals surface area contributed by atoms with Gasteiger partial charge in [-0.25, -0.2) is 0 Å². The van der Waals surface area contributed by atoms with Crippen molar-refractivity contribution in [2.45, 2.75) is 26.8 Å². The van der Waals surface area contributed by atoms with Crippen molar-refractivity contribution >= 4 is 17.4 Å². The van der Waals surface area contributed by atoms with E-state index in [-0.39, 0.29) is 11.7 Å². The Balaban J connectivity index is 1.92. The lowest BCUT2D eigenvalue weighted by molar-refractivity contribution is 0.0369. The molecule has 0 aromatic carbocycles. The number of carbonyl (C=O) groups is 1. The summed E-state index contributed by atoms with van der Waals surface area (Å²) < 4.78 is 7.57. The lowest BCUT2D eigenvalue weighted by Gasteiger charge is -2.26. The molecule has 0 radical (unpaired) electrons. The predicted octanol–water partition coefficient (Wildman–Crippen LogP) is 2.25. The molecule has 20 heavy (non-hydrogen) atoms. The second-order valence-electron chi connectivity index (χ2n) is 5.30. The van der Waals surface area contributed by atoms with Gasteiger partial charge in [-0.3, -0.25) is 9.69 Å². The molecule has 1 saturated heterocycles. The van der Waals surface area contributed by atoms with Gasteiger partial charge in [-0.1, -0.05) is 0 Å². The molecule has 0 spiro atoms. The zero-order valence-electron chi connectivity index (χ0n) is 12.3. The molecule has 0 saturated carbocycles. The molecule has 4 nitrogen and oxygen atoms in total. The summed E-state index contributed by atoms with van der Waals surface area (Å²) in [6, 6.07) is 1.95. The SMILES string of the molecule is Cc1cc(C(=O)CCl)c(C)n1CCCN1CCOCC1. The number of ketones is 1. The molecule has 5 heteroatoms. The normalized spacial score (nSPS) is 16.6. The maximum absolute atomic E-state index is 11.8. The number of carbonyl (C=O) groups excluding carboxylic acids is 1. The van der Waals surface area contributed by atoms with Crippen molar-refractivity contribution < 1.29 is 9.53 Å². The van der Waals surface area contributed by atoms with Crippen LogP contribution in [0.25, 0.3) is 0 Å². The zero-order chi connectivity index (χ0) is 14.5. The van der Waals surface area contributed by atoms with Crippen LogP contribution in [0.5, 0.6) is 0 Å². The number of alkyl halides is 1. The molecule has 1 aliphatic rings. The third-order valence-electron chi connectivity index (χ3n) is 3.96. The lowest BCUT2D eigenvalue weighted by atomic mass is 10.2. The minimum Gasteiger partial charge on any atom is -0.379 e. The van der Waals surface area contributed by atoms with E-state index in [9.17, 15) is 4.79 Å². The summed E-state index contributed by atoms with van der Waals surface area (Å²) >= 11 is 5.65. The fourth-order valence-electron chi connectivity index (χ4n) is 2.78. The van der Waals surface area contributed by atoms with Crippen LogP contribution in [0.2, 0.25) is 0 Å². The first-order chi connectivity index (χ1) is 9.63. The molecule has 1 aromatic rings. The largest absolute Gasteiger partial charge is 0.379 e. The minimum atomic E-state index is 0.0131. The van der Waals surface area contributed by atoms with Crippen molar-refractivity contribution in [3.05, 3.63) is 23.0 Å². The van der Waals surface area contributed by atoms with Gasteiger partial charge >= 0.3 is 0 Å². The summed E-state index contributed by atoms with van der Waals surface area (Å²) in [7, 11) is 0. The Morgan fingerprint density at radius 3 is 2.65 bits per heavy atom. The van der Waals surface area contributed by atoms with E-state index >= 15 is 0 Å². The molecule has 0 unspecified atom stereocenters. The summed E-state index contributed by atoms with van der Waals surface area (Å²) in [5, 5.41) is 0. The fraction of sp³-hybridized carbons (Fsp3) is 0.667. The van der Waals surface area contributed by atoms with E-state index < -0.39 is 0 Å². The second-order valence-corrected chi connectivity index (χ2v) is 5.57. The van der Waals surface area contributed by atoms with E-state index in [0.717, 1.165) is 62.8 Å². The molecule has 1 aliphatic heterocycles. The number of aromatic nitrogens is 1. The molecule has 112 valence electrons. The molecule has 0 bridgehead atoms. The molecule has 2 rings (SSSR count). The Labute approximate surface area is 125 Å². The Hall–Kier alpha value is -0.840. The van der Waals surface area contributed by atoms with Gasteiger partial charge < -0.3 is 9.30 Å². The molecule has 1 aromatic heterocycles. The Kier molecular flexibility index (Phi) is 5.64. The zero-order valence-corrected chi connectivity index (χ0v) is 13.1. The van der Waals surface area contributed by atoms with E-state index in [2.05, 4.69) is 9.47 Å². The number of ether oxygens (including phenoxy) is 1. The van der Waals surface area contributed by atoms with Gasteiger partial charge in [0.15, 0.2) is 5.78 Å². The standard InChI is InChI=1S/C15H23ClN2O2/c1-12-10-14(15(19)11-16)13(2)18(12)5-3-4-17-6-8-20-9-7-17/h10H,3-9,11H2,1-2H3. The molecule has 0 aliphatic carbocycles. The van der Waals surface area contributed by atoms with Crippen LogP contribution in [-0.2, 0) is 11.3 Å². The van der Waals surface area contributed by atoms with Gasteiger partial charge in [-0.15, -0.1) is 11.6 Å². The Morgan fingerprint density at radius 1 is 1.30 bits per heavy atom. The molecule has 0 N–H and O–H groups in total. The van der Waals surface area contributed by atoms with E-state index in [1.54, 1.807) is 0 Å². The van der Waals surface area contributed by atoms with E-state index in [1.807, 2.05) is 19.9 Å². The first-order valence-electron chi connectivity index (χ1n) is 7.19. The third-order valence-corrected chi connectivity index (χ3v) is 4.20. The smallest absolute Gasteiger partial charge is 0.179 e. The van der Waals surface area contributed by atoms with Gasteiger partial charge in [0, 0.05) is 43.1 Å². The number of halogens is 1. The highest BCUT2D eigenvalue weighted by molar-refractivity contribution is 6.30. The lowest BCUT2D eigenvalue weighted by Crippen LogP contribution is -2.37. The van der Waals surface area contributed by atoms with Crippen LogP contribution in [0.1, 0.15) is 28.2 Å². The van der Waals surface area contributed by atoms with Crippen LogP contribution < -0.4 is 0 Å². The maximum Gasteiger partial charge on any atom is 0.179 e. The van der Waals surface area contributed by atoms with Crippen molar-refractivity contribution in [3.8, 4) is 0 Å². The van der Waals surface area contributed by atoms with Gasteiger partial charge in [-0.05, 0) is 26.3 Å². The highest BCUT2D eigenvalue weighted by atomic mass is 35.5. The van der Waals surface area contributed by atoms with E-state index in [4.69, 9.17) is 16.3 Å². The van der Waals surface area contributed by atoms with Crippen LogP contribution >= 0.6 is 11.6 Å². The summed E-state index contributed by atoms with van der Waals surface area (Å²) in [5.41, 5.74) is 2.94. The van der Waals surface area contributed by atoms with Gasteiger partial charge in [0.05, 0.1) is 19.1 Å². The average molecular weight is 299 g/mol. The first-order valence-corrected chi connectivity index (χ1v) is 7.73. The average Bonchev–Trinajstić information content (AvgIpc) is 2.75. The molecular formula is C15H23ClN2O2. The number of morpholine rings is 1. The van der Waals surface area contributed by atoms with Crippen LogP contribution in [0.3, 0.4) is 0 Å². The van der Waals surface area contributed by atoms with Crippen LogP contribution in [0.4, 0.5) is 0 Å². The highest BCUT2D eigenvalue weighted by Crippen LogP contribution is 2.17. The quantitative estimate of drug-likeness (QED) is 0.597. The van der Waals surface area contributed by atoms with Crippen molar-refractivity contribution in [1.82, 2.24) is 9.47 Å². The van der Waals surface area contributed by atoms with Gasteiger partial charge in [0.1, 0.15) is 0 Å². The summed E-state index contributed by atoms with van der Waals surface area (Å²) in [6.07, 6.45) is 1.09. The number of hydrogen-bond acceptors (Lipinski definition) is 3. The Morgan fingerprint density at radius 2 is 2.00 bits per heavy atom. The monoisotopic (exact) mass is 298 g/mol. The fourth-order valence-corrected chi connectivity index (χ4v) is 2.92. The number of nitrogens with zero attached hydrogens (tertiary/aromatic N) is 2.